The molecule has 0 saturated heterocycles. The second-order valence-electron chi connectivity index (χ2n) is 7.19. The van der Waals surface area contributed by atoms with Gasteiger partial charge in [0.05, 0.1) is 22.6 Å². The predicted octanol–water partition coefficient (Wildman–Crippen LogP) is 4.69. The van der Waals surface area contributed by atoms with E-state index in [4.69, 9.17) is 9.94 Å². The second-order valence-corrected chi connectivity index (χ2v) is 7.19. The molecule has 2 heterocycles. The van der Waals surface area contributed by atoms with Gasteiger partial charge in [-0.15, -0.1) is 0 Å². The van der Waals surface area contributed by atoms with Crippen LogP contribution in [-0.2, 0) is 0 Å². The number of hydrogen-bond acceptors (Lipinski definition) is 5. The molecule has 4 aromatic rings. The molecule has 0 unspecified atom stereocenters. The van der Waals surface area contributed by atoms with E-state index >= 15 is 0 Å². The molecule has 4 rings (SSSR count). The van der Waals surface area contributed by atoms with Crippen LogP contribution in [0.4, 0.5) is 10.1 Å². The molecule has 0 atom stereocenters. The number of H-pyrrole nitrogens is 1. The number of aromatic amines is 1. The summed E-state index contributed by atoms with van der Waals surface area (Å²) in [6.07, 6.45) is 2.98. The lowest BCUT2D eigenvalue weighted by atomic mass is 10.1. The minimum Gasteiger partial charge on any atom is -0.457 e. The van der Waals surface area contributed by atoms with E-state index in [1.807, 2.05) is 6.92 Å². The number of aryl methyl sites for hydroxylation is 1. The average Bonchev–Trinajstić information content (AvgIpc) is 3.32. The van der Waals surface area contributed by atoms with Gasteiger partial charge in [0, 0.05) is 24.0 Å². The molecule has 0 fully saturated rings. The third kappa shape index (κ3) is 5.05. The molecule has 166 valence electrons. The molecule has 33 heavy (non-hydrogen) atoms. The van der Waals surface area contributed by atoms with Gasteiger partial charge < -0.3 is 15.0 Å². The Morgan fingerprint density at radius 1 is 1.00 bits per heavy atom. The number of aromatic nitrogens is 2. The van der Waals surface area contributed by atoms with Crippen LogP contribution in [0.15, 0.2) is 73.1 Å². The fourth-order valence-electron chi connectivity index (χ4n) is 3.13. The summed E-state index contributed by atoms with van der Waals surface area (Å²) < 4.78 is 19.8. The molecule has 2 amide bonds. The topological polar surface area (TPSA) is 116 Å². The molecular weight excluding hydrogens is 427 g/mol. The molecular formula is C24H19FN4O4. The van der Waals surface area contributed by atoms with E-state index < -0.39 is 17.6 Å². The minimum absolute atomic E-state index is 0.102. The summed E-state index contributed by atoms with van der Waals surface area (Å²) in [5, 5.41) is 11.3. The van der Waals surface area contributed by atoms with Gasteiger partial charge in [-0.2, -0.15) is 0 Å². The normalized spacial score (nSPS) is 10.5. The van der Waals surface area contributed by atoms with Crippen molar-refractivity contribution in [2.75, 3.05) is 5.32 Å². The first-order valence-corrected chi connectivity index (χ1v) is 9.87. The van der Waals surface area contributed by atoms with E-state index in [9.17, 15) is 14.0 Å². The van der Waals surface area contributed by atoms with Crippen molar-refractivity contribution in [1.29, 1.82) is 0 Å². The number of hydrogen-bond donors (Lipinski definition) is 4. The second kappa shape index (κ2) is 9.33. The number of anilines is 1. The van der Waals surface area contributed by atoms with Crippen molar-refractivity contribution in [2.24, 2.45) is 0 Å². The van der Waals surface area contributed by atoms with Crippen LogP contribution < -0.4 is 15.5 Å². The molecule has 0 aliphatic heterocycles. The maximum Gasteiger partial charge on any atom is 0.276 e. The van der Waals surface area contributed by atoms with Crippen LogP contribution in [0.5, 0.6) is 11.5 Å². The highest BCUT2D eigenvalue weighted by Crippen LogP contribution is 2.26. The summed E-state index contributed by atoms with van der Waals surface area (Å²) in [5.74, 6) is -0.789. The van der Waals surface area contributed by atoms with E-state index in [0.29, 0.717) is 28.5 Å². The highest BCUT2D eigenvalue weighted by Gasteiger charge is 2.12. The van der Waals surface area contributed by atoms with Gasteiger partial charge in [0.25, 0.3) is 11.8 Å². The number of carbonyl (C=O) groups is 2. The molecule has 0 aliphatic rings. The van der Waals surface area contributed by atoms with Gasteiger partial charge >= 0.3 is 0 Å². The largest absolute Gasteiger partial charge is 0.457 e. The predicted molar refractivity (Wildman–Crippen MR) is 119 cm³/mol. The van der Waals surface area contributed by atoms with Crippen molar-refractivity contribution in [3.63, 3.8) is 0 Å². The van der Waals surface area contributed by atoms with Gasteiger partial charge in [-0.05, 0) is 55.0 Å². The number of nitrogens with one attached hydrogen (secondary N) is 3. The Morgan fingerprint density at radius 3 is 2.64 bits per heavy atom. The first kappa shape index (κ1) is 21.7. The van der Waals surface area contributed by atoms with Crippen molar-refractivity contribution in [2.45, 2.75) is 6.92 Å². The highest BCUT2D eigenvalue weighted by atomic mass is 19.1. The minimum atomic E-state index is -0.648. The monoisotopic (exact) mass is 446 g/mol. The number of benzene rings is 2. The van der Waals surface area contributed by atoms with Crippen molar-refractivity contribution < 1.29 is 23.9 Å². The molecule has 0 saturated carbocycles. The third-order valence-corrected chi connectivity index (χ3v) is 4.76. The number of ether oxygens (including phenoxy) is 1. The number of nitrogens with zero attached hydrogens (tertiary/aromatic N) is 1. The Hall–Kier alpha value is -4.50. The van der Waals surface area contributed by atoms with Gasteiger partial charge in [-0.1, -0.05) is 12.1 Å². The summed E-state index contributed by atoms with van der Waals surface area (Å²) in [7, 11) is 0. The zero-order valence-corrected chi connectivity index (χ0v) is 17.4. The standard InChI is InChI=1S/C24H19FN4O4/c1-14-5-6-19(25)20(9-14)28-23(30)15-3-2-4-17(10-15)33-18-7-8-26-22(12-18)21-11-16(13-27-21)24(31)29-32/h2-13,27,32H,1H3,(H,28,30)(H,29,31). The number of carbonyl (C=O) groups excluding carboxylic acids is 2. The van der Waals surface area contributed by atoms with Gasteiger partial charge in [0.15, 0.2) is 0 Å². The number of rotatable bonds is 6. The SMILES string of the molecule is Cc1ccc(F)c(NC(=O)c2cccc(Oc3ccnc(-c4cc(C(=O)NO)c[nH]4)c3)c2)c1. The summed E-state index contributed by atoms with van der Waals surface area (Å²) in [6, 6.07) is 15.8. The van der Waals surface area contributed by atoms with E-state index in [1.54, 1.807) is 54.0 Å². The number of pyridine rings is 1. The number of halogens is 1. The van der Waals surface area contributed by atoms with Gasteiger partial charge in [0.1, 0.15) is 17.3 Å². The molecule has 0 bridgehead atoms. The van der Waals surface area contributed by atoms with Gasteiger partial charge in [0.2, 0.25) is 0 Å². The summed E-state index contributed by atoms with van der Waals surface area (Å²) in [4.78, 5) is 31.3. The quantitative estimate of drug-likeness (QED) is 0.253. The van der Waals surface area contributed by atoms with Crippen LogP contribution >= 0.6 is 0 Å². The van der Waals surface area contributed by atoms with E-state index in [2.05, 4.69) is 15.3 Å². The molecule has 9 heteroatoms. The van der Waals surface area contributed by atoms with Crippen LogP contribution in [-0.4, -0.2) is 27.0 Å². The van der Waals surface area contributed by atoms with Crippen LogP contribution in [0.1, 0.15) is 26.3 Å². The summed E-state index contributed by atoms with van der Waals surface area (Å²) in [5.41, 5.74) is 4.09. The smallest absolute Gasteiger partial charge is 0.276 e. The average molecular weight is 446 g/mol. The first-order chi connectivity index (χ1) is 15.9. The Labute approximate surface area is 188 Å². The van der Waals surface area contributed by atoms with Crippen molar-refractivity contribution in [1.82, 2.24) is 15.4 Å². The van der Waals surface area contributed by atoms with E-state index in [-0.39, 0.29) is 11.3 Å². The van der Waals surface area contributed by atoms with E-state index in [0.717, 1.165) is 5.56 Å². The molecule has 0 radical (unpaired) electrons. The number of amides is 2. The van der Waals surface area contributed by atoms with Crippen molar-refractivity contribution in [3.8, 4) is 22.9 Å². The van der Waals surface area contributed by atoms with Crippen LogP contribution in [0.2, 0.25) is 0 Å². The van der Waals surface area contributed by atoms with Crippen molar-refractivity contribution in [3.05, 3.63) is 95.6 Å². The van der Waals surface area contributed by atoms with Crippen LogP contribution in [0.3, 0.4) is 0 Å². The number of hydroxylamine groups is 1. The van der Waals surface area contributed by atoms with Crippen molar-refractivity contribution >= 4 is 17.5 Å². The van der Waals surface area contributed by atoms with Gasteiger partial charge in [-0.25, -0.2) is 9.87 Å². The van der Waals surface area contributed by atoms with E-state index in [1.165, 1.54) is 24.5 Å². The Balaban J connectivity index is 1.51. The first-order valence-electron chi connectivity index (χ1n) is 9.87. The highest BCUT2D eigenvalue weighted by molar-refractivity contribution is 6.04. The molecule has 8 nitrogen and oxygen atoms in total. The summed E-state index contributed by atoms with van der Waals surface area (Å²) >= 11 is 0. The fraction of sp³-hybridized carbons (Fsp3) is 0.0417. The molecule has 0 spiro atoms. The lowest BCUT2D eigenvalue weighted by Gasteiger charge is -2.10. The maximum absolute atomic E-state index is 14.0. The maximum atomic E-state index is 14.0. The third-order valence-electron chi connectivity index (χ3n) is 4.76. The van der Waals surface area contributed by atoms with Gasteiger partial charge in [-0.3, -0.25) is 19.8 Å². The van der Waals surface area contributed by atoms with Crippen LogP contribution in [0, 0.1) is 12.7 Å². The lowest BCUT2D eigenvalue weighted by Crippen LogP contribution is -2.17. The molecule has 4 N–H and O–H groups in total. The van der Waals surface area contributed by atoms with Crippen LogP contribution in [0.25, 0.3) is 11.4 Å². The molecule has 0 aliphatic carbocycles. The Morgan fingerprint density at radius 2 is 1.82 bits per heavy atom. The molecule has 2 aromatic heterocycles. The Kier molecular flexibility index (Phi) is 6.14. The lowest BCUT2D eigenvalue weighted by molar-refractivity contribution is 0.0706. The fourth-order valence-corrected chi connectivity index (χ4v) is 3.13. The summed E-state index contributed by atoms with van der Waals surface area (Å²) in [6.45, 7) is 1.81. The Bertz CT molecular complexity index is 1340. The zero-order chi connectivity index (χ0) is 23.4. The molecule has 2 aromatic carbocycles. The zero-order valence-electron chi connectivity index (χ0n) is 17.4.